The minimum Gasteiger partial charge on any atom is -0.392 e. The maximum atomic E-state index is 9.58. The van der Waals surface area contributed by atoms with Crippen LogP contribution in [0.2, 0.25) is 0 Å². The third kappa shape index (κ3) is 3.30. The van der Waals surface area contributed by atoms with Gasteiger partial charge in [0.15, 0.2) is 0 Å². The van der Waals surface area contributed by atoms with E-state index in [4.69, 9.17) is 0 Å². The van der Waals surface area contributed by atoms with Crippen LogP contribution < -0.4 is 5.32 Å². The molecule has 3 heterocycles. The maximum Gasteiger partial charge on any atom is 0.0679 e. The Morgan fingerprint density at radius 3 is 2.78 bits per heavy atom. The quantitative estimate of drug-likeness (QED) is 0.813. The third-order valence-electron chi connectivity index (χ3n) is 5.64. The molecule has 0 unspecified atom stereocenters. The van der Waals surface area contributed by atoms with Crippen molar-refractivity contribution < 1.29 is 5.11 Å². The van der Waals surface area contributed by atoms with E-state index in [0.717, 1.165) is 25.9 Å². The van der Waals surface area contributed by atoms with Crippen LogP contribution in [0.1, 0.15) is 37.2 Å². The molecule has 0 aliphatic carbocycles. The van der Waals surface area contributed by atoms with Crippen molar-refractivity contribution in [1.29, 1.82) is 0 Å². The van der Waals surface area contributed by atoms with Crippen molar-refractivity contribution in [2.75, 3.05) is 26.2 Å². The minimum absolute atomic E-state index is 0.132. The highest BCUT2D eigenvalue weighted by atomic mass is 16.3. The van der Waals surface area contributed by atoms with E-state index in [-0.39, 0.29) is 6.10 Å². The largest absolute Gasteiger partial charge is 0.392 e. The van der Waals surface area contributed by atoms with E-state index in [0.29, 0.717) is 12.0 Å². The number of aromatic nitrogens is 1. The van der Waals surface area contributed by atoms with Crippen LogP contribution in [0.15, 0.2) is 30.5 Å². The number of aliphatic hydroxyl groups excluding tert-OH is 1. The van der Waals surface area contributed by atoms with Gasteiger partial charge in [0.1, 0.15) is 0 Å². The second-order valence-corrected chi connectivity index (χ2v) is 7.19. The molecule has 3 N–H and O–H groups in total. The Balaban J connectivity index is 1.30. The molecular formula is C19H27N3O. The average molecular weight is 313 g/mol. The normalized spacial score (nSPS) is 27.0. The van der Waals surface area contributed by atoms with Gasteiger partial charge >= 0.3 is 0 Å². The van der Waals surface area contributed by atoms with Crippen LogP contribution in [0.5, 0.6) is 0 Å². The van der Waals surface area contributed by atoms with Crippen LogP contribution >= 0.6 is 0 Å². The third-order valence-corrected chi connectivity index (χ3v) is 5.64. The fourth-order valence-corrected chi connectivity index (χ4v) is 4.26. The molecular weight excluding hydrogens is 286 g/mol. The summed E-state index contributed by atoms with van der Waals surface area (Å²) in [5, 5.41) is 14.4. The Morgan fingerprint density at radius 2 is 2.00 bits per heavy atom. The number of nitrogens with zero attached hydrogens (tertiary/aromatic N) is 1. The number of hydrogen-bond donors (Lipinski definition) is 3. The molecule has 2 aliphatic rings. The SMILES string of the molecule is O[C@H]1CN[C@H](CCN2CCC(c3c[nH]c4ccccc34)CC2)C1. The zero-order valence-corrected chi connectivity index (χ0v) is 13.7. The lowest BCUT2D eigenvalue weighted by molar-refractivity contribution is 0.185. The molecule has 0 spiro atoms. The summed E-state index contributed by atoms with van der Waals surface area (Å²) in [6.45, 7) is 4.32. The summed E-state index contributed by atoms with van der Waals surface area (Å²) in [5.41, 5.74) is 2.76. The molecule has 2 aliphatic heterocycles. The predicted molar refractivity (Wildman–Crippen MR) is 93.7 cm³/mol. The Morgan fingerprint density at radius 1 is 1.17 bits per heavy atom. The van der Waals surface area contributed by atoms with Gasteiger partial charge in [-0.05, 0) is 62.9 Å². The van der Waals surface area contributed by atoms with Gasteiger partial charge in [-0.15, -0.1) is 0 Å². The summed E-state index contributed by atoms with van der Waals surface area (Å²) in [7, 11) is 0. The number of piperidine rings is 1. The fraction of sp³-hybridized carbons (Fsp3) is 0.579. The average Bonchev–Trinajstić information content (AvgIpc) is 3.20. The van der Waals surface area contributed by atoms with E-state index in [1.165, 1.54) is 42.4 Å². The Bertz CT molecular complexity index is 645. The van der Waals surface area contributed by atoms with Crippen molar-refractivity contribution in [1.82, 2.24) is 15.2 Å². The predicted octanol–water partition coefficient (Wildman–Crippen LogP) is 2.46. The number of para-hydroxylation sites is 1. The zero-order chi connectivity index (χ0) is 15.6. The van der Waals surface area contributed by atoms with Crippen LogP contribution in [0.3, 0.4) is 0 Å². The van der Waals surface area contributed by atoms with Crippen molar-refractivity contribution in [2.45, 2.75) is 43.7 Å². The van der Waals surface area contributed by atoms with Gasteiger partial charge in [-0.25, -0.2) is 0 Å². The zero-order valence-electron chi connectivity index (χ0n) is 13.7. The lowest BCUT2D eigenvalue weighted by Gasteiger charge is -2.32. The number of nitrogens with one attached hydrogen (secondary N) is 2. The van der Waals surface area contributed by atoms with E-state index < -0.39 is 0 Å². The monoisotopic (exact) mass is 313 g/mol. The van der Waals surface area contributed by atoms with Gasteiger partial charge < -0.3 is 20.3 Å². The summed E-state index contributed by atoms with van der Waals surface area (Å²) in [5.74, 6) is 0.689. The molecule has 2 fully saturated rings. The van der Waals surface area contributed by atoms with Gasteiger partial charge in [0, 0.05) is 29.7 Å². The molecule has 2 aromatic rings. The lowest BCUT2D eigenvalue weighted by Crippen LogP contribution is -2.36. The Hall–Kier alpha value is -1.36. The summed E-state index contributed by atoms with van der Waals surface area (Å²) in [6, 6.07) is 9.15. The topological polar surface area (TPSA) is 51.3 Å². The van der Waals surface area contributed by atoms with Crippen LogP contribution in [-0.2, 0) is 0 Å². The van der Waals surface area contributed by atoms with Gasteiger partial charge in [0.25, 0.3) is 0 Å². The first-order valence-electron chi connectivity index (χ1n) is 8.99. The molecule has 0 bridgehead atoms. The van der Waals surface area contributed by atoms with E-state index in [1.807, 2.05) is 0 Å². The molecule has 1 aromatic heterocycles. The van der Waals surface area contributed by atoms with Crippen LogP contribution in [-0.4, -0.2) is 53.3 Å². The molecule has 124 valence electrons. The number of rotatable bonds is 4. The van der Waals surface area contributed by atoms with E-state index in [2.05, 4.69) is 45.7 Å². The van der Waals surface area contributed by atoms with Gasteiger partial charge in [-0.3, -0.25) is 0 Å². The Labute approximate surface area is 137 Å². The molecule has 0 radical (unpaired) electrons. The summed E-state index contributed by atoms with van der Waals surface area (Å²) < 4.78 is 0. The van der Waals surface area contributed by atoms with E-state index >= 15 is 0 Å². The summed E-state index contributed by atoms with van der Waals surface area (Å²) in [6.07, 6.45) is 6.67. The van der Waals surface area contributed by atoms with E-state index in [1.54, 1.807) is 0 Å². The number of aliphatic hydroxyl groups is 1. The molecule has 0 amide bonds. The molecule has 2 atom stereocenters. The molecule has 0 saturated carbocycles. The van der Waals surface area contributed by atoms with Crippen LogP contribution in [0.4, 0.5) is 0 Å². The van der Waals surface area contributed by atoms with Crippen molar-refractivity contribution in [2.24, 2.45) is 0 Å². The number of benzene rings is 1. The van der Waals surface area contributed by atoms with Crippen molar-refractivity contribution >= 4 is 10.9 Å². The second-order valence-electron chi connectivity index (χ2n) is 7.19. The minimum atomic E-state index is -0.132. The highest BCUT2D eigenvalue weighted by molar-refractivity contribution is 5.83. The molecule has 4 heteroatoms. The van der Waals surface area contributed by atoms with Crippen LogP contribution in [0.25, 0.3) is 10.9 Å². The van der Waals surface area contributed by atoms with Gasteiger partial charge in [0.05, 0.1) is 6.10 Å². The molecule has 23 heavy (non-hydrogen) atoms. The number of aromatic amines is 1. The smallest absolute Gasteiger partial charge is 0.0679 e. The van der Waals surface area contributed by atoms with Crippen molar-refractivity contribution in [3.8, 4) is 0 Å². The number of likely N-dealkylation sites (tertiary alicyclic amines) is 1. The first-order chi connectivity index (χ1) is 11.3. The molecule has 4 rings (SSSR count). The summed E-state index contributed by atoms with van der Waals surface area (Å²) >= 11 is 0. The number of hydrogen-bond acceptors (Lipinski definition) is 3. The lowest BCUT2D eigenvalue weighted by atomic mass is 9.89. The van der Waals surface area contributed by atoms with Crippen molar-refractivity contribution in [3.63, 3.8) is 0 Å². The Kier molecular flexibility index (Phi) is 4.38. The van der Waals surface area contributed by atoms with Gasteiger partial charge in [-0.1, -0.05) is 18.2 Å². The van der Waals surface area contributed by atoms with Gasteiger partial charge in [0.2, 0.25) is 0 Å². The molecule has 1 aromatic carbocycles. The highest BCUT2D eigenvalue weighted by Gasteiger charge is 2.25. The standard InChI is InChI=1S/C19H27N3O/c23-16-11-15(20-12-16)7-10-22-8-5-14(6-9-22)18-13-21-19-4-2-1-3-17(18)19/h1-4,13-16,20-21,23H,5-12H2/t15-,16-/m1/s1. The number of β-amino-alcohol motifs (C(OH)–C–C–N with tert-alkyl or cyclic N) is 1. The molecule has 2 saturated heterocycles. The molecule has 4 nitrogen and oxygen atoms in total. The fourth-order valence-electron chi connectivity index (χ4n) is 4.26. The van der Waals surface area contributed by atoms with E-state index in [9.17, 15) is 5.11 Å². The number of fused-ring (bicyclic) bond motifs is 1. The highest BCUT2D eigenvalue weighted by Crippen LogP contribution is 2.33. The maximum absolute atomic E-state index is 9.58. The first kappa shape index (κ1) is 15.2. The number of H-pyrrole nitrogens is 1. The second kappa shape index (κ2) is 6.63. The summed E-state index contributed by atoms with van der Waals surface area (Å²) in [4.78, 5) is 6.01. The first-order valence-corrected chi connectivity index (χ1v) is 8.99. The van der Waals surface area contributed by atoms with Crippen LogP contribution in [0, 0.1) is 0 Å². The van der Waals surface area contributed by atoms with Crippen molar-refractivity contribution in [3.05, 3.63) is 36.0 Å². The van der Waals surface area contributed by atoms with Gasteiger partial charge in [-0.2, -0.15) is 0 Å².